The zero-order chi connectivity index (χ0) is 12.6. The number of hydrogen-bond acceptors (Lipinski definition) is 1. The lowest BCUT2D eigenvalue weighted by Crippen LogP contribution is -1.92. The molecule has 0 aliphatic carbocycles. The smallest absolute Gasteiger partial charge is 0.134 e. The Morgan fingerprint density at radius 2 is 1.53 bits per heavy atom. The number of phenols is 1. The van der Waals surface area contributed by atoms with Gasteiger partial charge < -0.3 is 5.11 Å². The molecule has 0 spiro atoms. The summed E-state index contributed by atoms with van der Waals surface area (Å²) in [5.41, 5.74) is 4.72. The molecule has 0 saturated carbocycles. The third-order valence-corrected chi connectivity index (χ3v) is 2.90. The van der Waals surface area contributed by atoms with E-state index in [1.807, 2.05) is 32.9 Å². The van der Waals surface area contributed by atoms with Gasteiger partial charge in [-0.05, 0) is 49.6 Å². The zero-order valence-electron chi connectivity index (χ0n) is 10.2. The van der Waals surface area contributed by atoms with E-state index >= 15 is 0 Å². The van der Waals surface area contributed by atoms with Crippen molar-refractivity contribution in [2.75, 3.05) is 0 Å². The normalized spacial score (nSPS) is 10.6. The third kappa shape index (κ3) is 2.16. The van der Waals surface area contributed by atoms with Crippen LogP contribution >= 0.6 is 0 Å². The first-order valence-corrected chi connectivity index (χ1v) is 5.56. The van der Waals surface area contributed by atoms with Crippen LogP contribution in [0.5, 0.6) is 5.75 Å². The summed E-state index contributed by atoms with van der Waals surface area (Å²) in [6.07, 6.45) is 0. The molecule has 0 radical (unpaired) electrons. The lowest BCUT2D eigenvalue weighted by Gasteiger charge is -2.12. The van der Waals surface area contributed by atoms with E-state index in [0.29, 0.717) is 5.56 Å². The molecule has 1 N–H and O–H groups in total. The highest BCUT2D eigenvalue weighted by Gasteiger charge is 2.11. The molecule has 0 heterocycles. The maximum Gasteiger partial charge on any atom is 0.134 e. The van der Waals surface area contributed by atoms with Gasteiger partial charge in [-0.1, -0.05) is 17.7 Å². The molecule has 0 fully saturated rings. The van der Waals surface area contributed by atoms with Gasteiger partial charge in [0, 0.05) is 11.6 Å². The van der Waals surface area contributed by atoms with Crippen molar-refractivity contribution in [3.8, 4) is 16.9 Å². The Labute approximate surface area is 101 Å². The lowest BCUT2D eigenvalue weighted by molar-refractivity contribution is 0.469. The number of halogens is 1. The summed E-state index contributed by atoms with van der Waals surface area (Å²) >= 11 is 0. The van der Waals surface area contributed by atoms with Crippen LogP contribution in [0.15, 0.2) is 30.3 Å². The van der Waals surface area contributed by atoms with Gasteiger partial charge in [0.25, 0.3) is 0 Å². The molecule has 17 heavy (non-hydrogen) atoms. The minimum Gasteiger partial charge on any atom is -0.508 e. The van der Waals surface area contributed by atoms with Gasteiger partial charge in [0.1, 0.15) is 11.6 Å². The van der Waals surface area contributed by atoms with Gasteiger partial charge >= 0.3 is 0 Å². The maximum absolute atomic E-state index is 13.8. The van der Waals surface area contributed by atoms with Crippen molar-refractivity contribution >= 4 is 0 Å². The molecule has 2 rings (SSSR count). The predicted octanol–water partition coefficient (Wildman–Crippen LogP) is 4.12. The zero-order valence-corrected chi connectivity index (χ0v) is 10.2. The third-order valence-electron chi connectivity index (χ3n) is 2.90. The number of aromatic hydroxyl groups is 1. The van der Waals surface area contributed by atoms with Gasteiger partial charge in [0.15, 0.2) is 0 Å². The monoisotopic (exact) mass is 230 g/mol. The first-order valence-electron chi connectivity index (χ1n) is 5.56. The Morgan fingerprint density at radius 1 is 0.941 bits per heavy atom. The van der Waals surface area contributed by atoms with Gasteiger partial charge in [-0.3, -0.25) is 0 Å². The van der Waals surface area contributed by atoms with E-state index in [2.05, 4.69) is 0 Å². The number of phenolic OH excluding ortho intramolecular Hbond substituents is 1. The van der Waals surface area contributed by atoms with Crippen molar-refractivity contribution in [1.82, 2.24) is 0 Å². The summed E-state index contributed by atoms with van der Waals surface area (Å²) in [7, 11) is 0. The molecule has 0 aromatic heterocycles. The van der Waals surface area contributed by atoms with E-state index in [-0.39, 0.29) is 11.6 Å². The Morgan fingerprint density at radius 3 is 2.06 bits per heavy atom. The van der Waals surface area contributed by atoms with Gasteiger partial charge in [-0.25, -0.2) is 4.39 Å². The molecule has 2 aromatic rings. The second-order valence-corrected chi connectivity index (χ2v) is 4.44. The average Bonchev–Trinajstić information content (AvgIpc) is 2.19. The van der Waals surface area contributed by atoms with Crippen molar-refractivity contribution in [2.45, 2.75) is 20.8 Å². The number of aryl methyl sites for hydroxylation is 3. The second-order valence-electron chi connectivity index (χ2n) is 4.44. The average molecular weight is 230 g/mol. The molecule has 0 atom stereocenters. The van der Waals surface area contributed by atoms with Crippen LogP contribution in [0.4, 0.5) is 4.39 Å². The maximum atomic E-state index is 13.8. The molecular formula is C15H15FO. The van der Waals surface area contributed by atoms with Crippen molar-refractivity contribution in [3.63, 3.8) is 0 Å². The minimum atomic E-state index is -0.389. The fourth-order valence-electron chi connectivity index (χ4n) is 2.31. The first kappa shape index (κ1) is 11.6. The molecule has 2 heteroatoms. The van der Waals surface area contributed by atoms with Gasteiger partial charge in [-0.2, -0.15) is 0 Å². The molecular weight excluding hydrogens is 215 g/mol. The second kappa shape index (κ2) is 4.21. The summed E-state index contributed by atoms with van der Waals surface area (Å²) in [5, 5.41) is 9.23. The fourth-order valence-corrected chi connectivity index (χ4v) is 2.31. The Hall–Kier alpha value is -1.83. The van der Waals surface area contributed by atoms with Gasteiger partial charge in [0.2, 0.25) is 0 Å². The fraction of sp³-hybridized carbons (Fsp3) is 0.200. The molecule has 0 aliphatic rings. The molecule has 0 bridgehead atoms. The van der Waals surface area contributed by atoms with Gasteiger partial charge in [-0.15, -0.1) is 0 Å². The summed E-state index contributed by atoms with van der Waals surface area (Å²) in [5.74, 6) is -0.436. The Bertz CT molecular complexity index is 550. The quantitative estimate of drug-likeness (QED) is 0.781. The van der Waals surface area contributed by atoms with E-state index < -0.39 is 0 Å². The Kier molecular flexibility index (Phi) is 2.88. The van der Waals surface area contributed by atoms with Crippen LogP contribution in [-0.4, -0.2) is 5.11 Å². The highest BCUT2D eigenvalue weighted by atomic mass is 19.1. The molecule has 88 valence electrons. The first-order chi connectivity index (χ1) is 7.99. The standard InChI is InChI=1S/C15H15FO/c1-9-6-10(2)15(11(3)7-9)13-5-4-12(17)8-14(13)16/h4-8,17H,1-3H3. The van der Waals surface area contributed by atoms with Crippen LogP contribution in [0.3, 0.4) is 0 Å². The SMILES string of the molecule is Cc1cc(C)c(-c2ccc(O)cc2F)c(C)c1. The summed E-state index contributed by atoms with van der Waals surface area (Å²) < 4.78 is 13.8. The van der Waals surface area contributed by atoms with Crippen LogP contribution < -0.4 is 0 Å². The van der Waals surface area contributed by atoms with Crippen LogP contribution in [0.1, 0.15) is 16.7 Å². The highest BCUT2D eigenvalue weighted by molar-refractivity contribution is 5.72. The number of hydrogen-bond donors (Lipinski definition) is 1. The van der Waals surface area contributed by atoms with E-state index in [4.69, 9.17) is 0 Å². The van der Waals surface area contributed by atoms with Crippen molar-refractivity contribution in [3.05, 3.63) is 52.8 Å². The highest BCUT2D eigenvalue weighted by Crippen LogP contribution is 2.31. The number of rotatable bonds is 1. The van der Waals surface area contributed by atoms with E-state index in [9.17, 15) is 9.50 Å². The summed E-state index contributed by atoms with van der Waals surface area (Å²) in [4.78, 5) is 0. The largest absolute Gasteiger partial charge is 0.508 e. The topological polar surface area (TPSA) is 20.2 Å². The van der Waals surface area contributed by atoms with Crippen molar-refractivity contribution < 1.29 is 9.50 Å². The molecule has 1 nitrogen and oxygen atoms in total. The van der Waals surface area contributed by atoms with Crippen molar-refractivity contribution in [1.29, 1.82) is 0 Å². The molecule has 0 saturated heterocycles. The predicted molar refractivity (Wildman–Crippen MR) is 67.7 cm³/mol. The van der Waals surface area contributed by atoms with Crippen LogP contribution in [0, 0.1) is 26.6 Å². The van der Waals surface area contributed by atoms with Gasteiger partial charge in [0.05, 0.1) is 0 Å². The number of benzene rings is 2. The lowest BCUT2D eigenvalue weighted by atomic mass is 9.93. The Balaban J connectivity index is 2.68. The minimum absolute atomic E-state index is 0.0475. The molecule has 0 amide bonds. The molecule has 0 unspecified atom stereocenters. The summed E-state index contributed by atoms with van der Waals surface area (Å²) in [6.45, 7) is 5.97. The molecule has 2 aromatic carbocycles. The van der Waals surface area contributed by atoms with E-state index in [1.165, 1.54) is 11.6 Å². The van der Waals surface area contributed by atoms with Crippen molar-refractivity contribution in [2.24, 2.45) is 0 Å². The summed E-state index contributed by atoms with van der Waals surface area (Å²) in [6, 6.07) is 8.35. The van der Waals surface area contributed by atoms with Crippen LogP contribution in [-0.2, 0) is 0 Å². The van der Waals surface area contributed by atoms with Crippen LogP contribution in [0.2, 0.25) is 0 Å². The van der Waals surface area contributed by atoms with E-state index in [0.717, 1.165) is 22.8 Å². The van der Waals surface area contributed by atoms with Crippen LogP contribution in [0.25, 0.3) is 11.1 Å². The van der Waals surface area contributed by atoms with E-state index in [1.54, 1.807) is 6.07 Å². The molecule has 0 aliphatic heterocycles.